The molecule has 8 aromatic carbocycles. The van der Waals surface area contributed by atoms with Crippen molar-refractivity contribution in [2.45, 2.75) is 97.4 Å². The number of benzene rings is 8. The van der Waals surface area contributed by atoms with Gasteiger partial charge in [0.2, 0.25) is 0 Å². The Hall–Kier alpha value is -9.55. The molecule has 26 heteroatoms. The second-order valence-corrected chi connectivity index (χ2v) is 24.5. The van der Waals surface area contributed by atoms with Crippen LogP contribution in [-0.2, 0) is 102 Å². The molecule has 6 atom stereocenters. The predicted octanol–water partition coefficient (Wildman–Crippen LogP) is 13.8. The number of nitrogens with zero attached hydrogens (tertiary/aromatic N) is 14. The van der Waals surface area contributed by atoms with Gasteiger partial charge in [0, 0.05) is 148 Å². The summed E-state index contributed by atoms with van der Waals surface area (Å²) in [6.07, 6.45) is 4.15. The smallest absolute Gasteiger partial charge is 0.354 e. The first-order chi connectivity index (χ1) is 51.7. The summed E-state index contributed by atoms with van der Waals surface area (Å²) in [7, 11) is 5.91. The molecule has 7 N–H and O–H groups in total. The van der Waals surface area contributed by atoms with E-state index in [0.717, 1.165) is 96.8 Å². The average Bonchev–Trinajstić information content (AvgIpc) is 1.66. The first-order valence-corrected chi connectivity index (χ1v) is 34.6. The number of carboxylic acids is 1. The minimum Gasteiger partial charge on any atom is -0.477 e. The van der Waals surface area contributed by atoms with Crippen molar-refractivity contribution in [3.63, 3.8) is 0 Å². The van der Waals surface area contributed by atoms with Crippen molar-refractivity contribution < 1.29 is 121 Å². The quantitative estimate of drug-likeness (QED) is 0.0442. The molecule has 0 fully saturated rings. The molecule has 6 heterocycles. The second kappa shape index (κ2) is 51.8. The summed E-state index contributed by atoms with van der Waals surface area (Å²) < 4.78 is 7.99. The molecule has 14 rings (SSSR count). The zero-order chi connectivity index (χ0) is 76.9. The summed E-state index contributed by atoms with van der Waals surface area (Å²) in [5.74, 6) is 5.64. The van der Waals surface area contributed by atoms with Gasteiger partial charge in [-0.25, -0.2) is 9.78 Å². The fraction of sp³-hybridized carbons (Fsp3) is 0.212. The van der Waals surface area contributed by atoms with Gasteiger partial charge in [-0.05, 0) is 85.1 Å². The molecule has 0 saturated carbocycles. The number of carboxylic acid groups (broad SMARTS) is 1. The molecule has 4 radical (unpaired) electrons. The van der Waals surface area contributed by atoms with Crippen molar-refractivity contribution >= 4 is 5.97 Å². The number of aromatic carboxylic acids is 1. The molecule has 0 aliphatic rings. The Kier molecular flexibility index (Phi) is 44.7. The molecule has 0 bridgehead atoms. The van der Waals surface area contributed by atoms with Crippen molar-refractivity contribution in [2.75, 3.05) is 0 Å². The monoisotopic (exact) mass is 2210 g/mol. The molecule has 588 valence electrons. The first-order valence-electron chi connectivity index (χ1n) is 34.6. The summed E-state index contributed by atoms with van der Waals surface area (Å²) in [4.78, 5) is 17.8. The maximum Gasteiger partial charge on any atom is 0.354 e. The van der Waals surface area contributed by atoms with Crippen molar-refractivity contribution in [2.24, 2.45) is 21.1 Å². The van der Waals surface area contributed by atoms with Crippen LogP contribution in [0.3, 0.4) is 0 Å². The zero-order valence-electron chi connectivity index (χ0n) is 62.6. The number of pyridine rings is 2. The van der Waals surface area contributed by atoms with Crippen LogP contribution in [0, 0.1) is 24.3 Å². The topological polar surface area (TPSA) is 307 Å². The van der Waals surface area contributed by atoms with Gasteiger partial charge < -0.3 is 54.0 Å². The van der Waals surface area contributed by atoms with Gasteiger partial charge >= 0.3 is 5.97 Å². The molecule has 0 aliphatic heterocycles. The molecule has 0 saturated heterocycles. The minimum atomic E-state index is -0.990. The second-order valence-electron chi connectivity index (χ2n) is 24.5. The predicted molar refractivity (Wildman–Crippen MR) is 416 cm³/mol. The van der Waals surface area contributed by atoms with Gasteiger partial charge in [0.1, 0.15) is 5.69 Å². The maximum atomic E-state index is 10.1. The number of rotatable bonds is 16. The van der Waals surface area contributed by atoms with Crippen molar-refractivity contribution in [1.82, 2.24) is 69.0 Å². The molecule has 0 spiro atoms. The van der Waals surface area contributed by atoms with Crippen LogP contribution in [0.25, 0.3) is 96.8 Å². The fourth-order valence-corrected chi connectivity index (χ4v) is 10.3. The first kappa shape index (κ1) is 95.6. The number of hydrogen-bond donors (Lipinski definition) is 7. The third-order valence-electron chi connectivity index (χ3n) is 15.1. The van der Waals surface area contributed by atoms with E-state index in [1.165, 1.54) is 12.3 Å². The number of carbonyl (C=O) groups is 1. The molecule has 22 nitrogen and oxygen atoms in total. The van der Waals surface area contributed by atoms with E-state index in [9.17, 15) is 4.79 Å². The van der Waals surface area contributed by atoms with Crippen LogP contribution in [0.2, 0.25) is 0 Å². The molecule has 111 heavy (non-hydrogen) atoms. The Morgan fingerprint density at radius 1 is 0.315 bits per heavy atom. The van der Waals surface area contributed by atoms with E-state index in [1.54, 1.807) is 66.1 Å². The van der Waals surface area contributed by atoms with Crippen LogP contribution in [0.15, 0.2) is 267 Å². The molecule has 14 aromatic rings. The van der Waals surface area contributed by atoms with Crippen LogP contribution < -0.4 is 0 Å². The van der Waals surface area contributed by atoms with Gasteiger partial charge in [-0.2, -0.15) is 20.4 Å². The number of aliphatic hydroxyl groups is 6. The molecule has 0 amide bonds. The van der Waals surface area contributed by atoms with Crippen LogP contribution in [0.4, 0.5) is 0 Å². The van der Waals surface area contributed by atoms with Gasteiger partial charge in [-0.15, -0.1) is 164 Å². The Morgan fingerprint density at radius 2 is 0.568 bits per heavy atom. The number of hydrogen-bond acceptors (Lipinski definition) is 17. The largest absolute Gasteiger partial charge is 0.477 e. The van der Waals surface area contributed by atoms with E-state index in [1.807, 2.05) is 270 Å². The summed E-state index contributed by atoms with van der Waals surface area (Å²) in [5.41, 5.74) is 9.02. The van der Waals surface area contributed by atoms with Gasteiger partial charge in [-0.3, -0.25) is 4.98 Å². The van der Waals surface area contributed by atoms with E-state index in [0.29, 0.717) is 19.3 Å². The van der Waals surface area contributed by atoms with E-state index >= 15 is 0 Å². The minimum absolute atomic E-state index is 0. The molecule has 6 unspecified atom stereocenters. The summed E-state index contributed by atoms with van der Waals surface area (Å²) in [6.45, 7) is 9.96. The van der Waals surface area contributed by atoms with Gasteiger partial charge in [-0.1, -0.05) is 127 Å². The van der Waals surface area contributed by atoms with Crippen LogP contribution in [-0.4, -0.2) is 147 Å². The van der Waals surface area contributed by atoms with Gasteiger partial charge in [0.25, 0.3) is 0 Å². The Morgan fingerprint density at radius 3 is 0.811 bits per heavy atom. The van der Waals surface area contributed by atoms with Gasteiger partial charge in [0.05, 0.1) is 59.9 Å². The molecular formula is C85H90Ir4N14O8-4. The normalized spacial score (nSPS) is 11.6. The Balaban J connectivity index is 0.000000340. The van der Waals surface area contributed by atoms with Crippen LogP contribution in [0.1, 0.15) is 71.3 Å². The molecular weight excluding hydrogens is 2110 g/mol. The van der Waals surface area contributed by atoms with Crippen LogP contribution >= 0.6 is 0 Å². The molecule has 0 aliphatic carbocycles. The Bertz CT molecular complexity index is 4190. The Labute approximate surface area is 703 Å². The molecule has 6 aromatic heterocycles. The van der Waals surface area contributed by atoms with E-state index in [-0.39, 0.29) is 123 Å². The summed E-state index contributed by atoms with van der Waals surface area (Å²) in [5, 5.41) is 94.0. The third kappa shape index (κ3) is 32.0. The SMILES string of the molecule is CC(O)CC(C)O.CC(O)CC(C)O.CC(O)CC(C)O.Cn1c(-c2[c-]cccc2)nnc1-c1ccccc1.Cn1c(-c2[c-]cccc2)nnc1-c1ccccc1.Cn1c(-c2[c-]cccc2)nnc1-c1ccccc1.O=C(O)c1ccccn1.[Ir].[Ir].[Ir].[Ir].[c-]1ccccc1-c1nnc(-c2ccccc2)n1-c1ccncc1. The third-order valence-corrected chi connectivity index (χ3v) is 15.1. The zero-order valence-corrected chi connectivity index (χ0v) is 72.2. The van der Waals surface area contributed by atoms with Crippen molar-refractivity contribution in [3.8, 4) is 96.8 Å². The fourth-order valence-electron chi connectivity index (χ4n) is 10.3. The van der Waals surface area contributed by atoms with E-state index in [2.05, 4.69) is 75.0 Å². The van der Waals surface area contributed by atoms with Crippen molar-refractivity contribution in [3.05, 3.63) is 297 Å². The van der Waals surface area contributed by atoms with Crippen molar-refractivity contribution in [1.29, 1.82) is 0 Å². The maximum absolute atomic E-state index is 10.1. The average molecular weight is 2200 g/mol. The number of aromatic nitrogens is 14. The van der Waals surface area contributed by atoms with E-state index < -0.39 is 5.97 Å². The van der Waals surface area contributed by atoms with Crippen LogP contribution in [0.5, 0.6) is 0 Å². The summed E-state index contributed by atoms with van der Waals surface area (Å²) in [6, 6.07) is 92.7. The van der Waals surface area contributed by atoms with E-state index in [4.69, 9.17) is 35.7 Å². The standard InChI is InChI=1S/C19H13N4.3C15H12N3.C6H5NO2.3C5H12O2.4Ir/c1-3-7-15(8-4-1)18-21-22-19(16-9-5-2-6-10-16)23(18)17-11-13-20-14-12-17;3*1-18-14(12-8-4-2-5-9-12)16-17-15(18)13-10-6-3-7-11-13;8-6(9)5-3-1-2-4-7-5;3*1-4(6)3-5(2)7;;;;/h1-9,11-14H;3*2-10H,1H3;1-4H,(H,8,9);3*4-7H,3H2,1-2H3;;;;/q4*-1;;;;;;;;. The van der Waals surface area contributed by atoms with Gasteiger partial charge in [0.15, 0.2) is 23.3 Å². The number of aliphatic hydroxyl groups excluding tert-OH is 6. The summed E-state index contributed by atoms with van der Waals surface area (Å²) >= 11 is 0.